The van der Waals surface area contributed by atoms with Gasteiger partial charge < -0.3 is 9.47 Å². The maximum Gasteiger partial charge on any atom is 0.293 e. The number of benzene rings is 2. The zero-order chi connectivity index (χ0) is 17.4. The second kappa shape index (κ2) is 6.57. The van der Waals surface area contributed by atoms with Crippen molar-refractivity contribution < 1.29 is 19.1 Å². The second-order valence-corrected chi connectivity index (χ2v) is 7.33. The summed E-state index contributed by atoms with van der Waals surface area (Å²) in [7, 11) is 0. The maximum atomic E-state index is 12.6. The highest BCUT2D eigenvalue weighted by atomic mass is 79.9. The molecule has 2 aliphatic heterocycles. The fraction of sp³-hybridized carbons (Fsp3) is 0.111. The SMILES string of the molecule is O=C1S/C(=C/c2cc3c(cc2Br)OCO3)C(=O)N1Cc1ccccc1. The van der Waals surface area contributed by atoms with Gasteiger partial charge in [-0.25, -0.2) is 0 Å². The van der Waals surface area contributed by atoms with Crippen molar-refractivity contribution in [3.8, 4) is 11.5 Å². The number of hydrogen-bond donors (Lipinski definition) is 0. The molecule has 0 aromatic heterocycles. The molecule has 0 N–H and O–H groups in total. The van der Waals surface area contributed by atoms with Crippen LogP contribution in [0.5, 0.6) is 11.5 Å². The summed E-state index contributed by atoms with van der Waals surface area (Å²) >= 11 is 4.41. The highest BCUT2D eigenvalue weighted by molar-refractivity contribution is 9.10. The second-order valence-electron chi connectivity index (χ2n) is 5.48. The lowest BCUT2D eigenvalue weighted by atomic mass is 10.1. The first-order chi connectivity index (χ1) is 12.1. The number of fused-ring (bicyclic) bond motifs is 1. The third kappa shape index (κ3) is 3.17. The molecule has 7 heteroatoms. The molecule has 2 aliphatic rings. The van der Waals surface area contributed by atoms with Gasteiger partial charge in [0.1, 0.15) is 0 Å². The summed E-state index contributed by atoms with van der Waals surface area (Å²) in [6, 6.07) is 13.0. The molecular formula is C18H12BrNO4S. The van der Waals surface area contributed by atoms with E-state index in [0.717, 1.165) is 27.4 Å². The maximum absolute atomic E-state index is 12.6. The van der Waals surface area contributed by atoms with Crippen molar-refractivity contribution in [3.63, 3.8) is 0 Å². The van der Waals surface area contributed by atoms with Gasteiger partial charge in [-0.3, -0.25) is 14.5 Å². The van der Waals surface area contributed by atoms with Crippen molar-refractivity contribution >= 4 is 44.9 Å². The molecule has 2 heterocycles. The van der Waals surface area contributed by atoms with E-state index >= 15 is 0 Å². The Hall–Kier alpha value is -2.25. The molecule has 1 saturated heterocycles. The molecule has 0 radical (unpaired) electrons. The van der Waals surface area contributed by atoms with Gasteiger partial charge >= 0.3 is 0 Å². The number of hydrogen-bond acceptors (Lipinski definition) is 5. The van der Waals surface area contributed by atoms with Crippen LogP contribution in [0.2, 0.25) is 0 Å². The zero-order valence-corrected chi connectivity index (χ0v) is 15.3. The molecule has 0 aliphatic carbocycles. The first-order valence-corrected chi connectivity index (χ1v) is 9.11. The van der Waals surface area contributed by atoms with Crippen LogP contribution in [0.1, 0.15) is 11.1 Å². The van der Waals surface area contributed by atoms with E-state index in [1.54, 1.807) is 18.2 Å². The van der Waals surface area contributed by atoms with E-state index in [1.165, 1.54) is 4.90 Å². The van der Waals surface area contributed by atoms with Gasteiger partial charge in [0.15, 0.2) is 11.5 Å². The molecule has 0 bridgehead atoms. The number of halogens is 1. The zero-order valence-electron chi connectivity index (χ0n) is 12.9. The molecule has 2 aromatic rings. The van der Waals surface area contributed by atoms with Crippen LogP contribution < -0.4 is 9.47 Å². The van der Waals surface area contributed by atoms with Crippen molar-refractivity contribution in [2.24, 2.45) is 0 Å². The van der Waals surface area contributed by atoms with E-state index in [1.807, 2.05) is 30.3 Å². The third-order valence-corrected chi connectivity index (χ3v) is 5.43. The number of thioether (sulfide) groups is 1. The molecule has 2 aromatic carbocycles. The molecule has 126 valence electrons. The standard InChI is InChI=1S/C18H12BrNO4S/c19-13-8-15-14(23-10-24-15)6-12(13)7-16-17(21)20(18(22)25-16)9-11-4-2-1-3-5-11/h1-8H,9-10H2/b16-7+. The van der Waals surface area contributed by atoms with Crippen molar-refractivity contribution in [3.05, 3.63) is 63.0 Å². The topological polar surface area (TPSA) is 55.8 Å². The highest BCUT2D eigenvalue weighted by Crippen LogP contribution is 2.40. The average Bonchev–Trinajstić information content (AvgIpc) is 3.16. The first kappa shape index (κ1) is 16.2. The highest BCUT2D eigenvalue weighted by Gasteiger charge is 2.35. The minimum absolute atomic E-state index is 0.179. The predicted molar refractivity (Wildman–Crippen MR) is 98.2 cm³/mol. The Balaban J connectivity index is 1.60. The van der Waals surface area contributed by atoms with Crippen molar-refractivity contribution in [2.45, 2.75) is 6.54 Å². The molecule has 0 atom stereocenters. The Morgan fingerprint density at radius 3 is 2.60 bits per heavy atom. The van der Waals surface area contributed by atoms with Gasteiger partial charge in [-0.15, -0.1) is 0 Å². The van der Waals surface area contributed by atoms with E-state index in [0.29, 0.717) is 16.4 Å². The van der Waals surface area contributed by atoms with Crippen LogP contribution in [-0.4, -0.2) is 22.8 Å². The molecule has 4 rings (SSSR count). The average molecular weight is 418 g/mol. The van der Waals surface area contributed by atoms with Gasteiger partial charge in [-0.2, -0.15) is 0 Å². The molecule has 0 unspecified atom stereocenters. The Bertz CT molecular complexity index is 897. The van der Waals surface area contributed by atoms with Crippen molar-refractivity contribution in [2.75, 3.05) is 6.79 Å². The van der Waals surface area contributed by atoms with E-state index < -0.39 is 0 Å². The summed E-state index contributed by atoms with van der Waals surface area (Å²) in [5.41, 5.74) is 1.67. The van der Waals surface area contributed by atoms with E-state index in [2.05, 4.69) is 15.9 Å². The van der Waals surface area contributed by atoms with E-state index in [9.17, 15) is 9.59 Å². The van der Waals surface area contributed by atoms with Gasteiger partial charge in [0.05, 0.1) is 11.4 Å². The number of carbonyl (C=O) groups excluding carboxylic acids is 2. The molecule has 2 amide bonds. The molecule has 1 fully saturated rings. The molecule has 5 nitrogen and oxygen atoms in total. The fourth-order valence-corrected chi connectivity index (χ4v) is 3.85. The summed E-state index contributed by atoms with van der Waals surface area (Å²) in [6.07, 6.45) is 1.70. The van der Waals surface area contributed by atoms with Gasteiger partial charge in [0, 0.05) is 4.47 Å². The number of imide groups is 1. The number of ether oxygens (including phenoxy) is 2. The summed E-state index contributed by atoms with van der Waals surface area (Å²) in [4.78, 5) is 26.5. The minimum atomic E-state index is -0.289. The number of rotatable bonds is 3. The fourth-order valence-electron chi connectivity index (χ4n) is 2.59. The van der Waals surface area contributed by atoms with Crippen LogP contribution in [0, 0.1) is 0 Å². The van der Waals surface area contributed by atoms with Gasteiger partial charge in [-0.05, 0) is 41.1 Å². The molecule has 0 saturated carbocycles. The first-order valence-electron chi connectivity index (χ1n) is 7.50. The van der Waals surface area contributed by atoms with Crippen LogP contribution in [-0.2, 0) is 11.3 Å². The van der Waals surface area contributed by atoms with Crippen molar-refractivity contribution in [1.29, 1.82) is 0 Å². The minimum Gasteiger partial charge on any atom is -0.454 e. The van der Waals surface area contributed by atoms with Crippen LogP contribution >= 0.6 is 27.7 Å². The molecule has 25 heavy (non-hydrogen) atoms. The summed E-state index contributed by atoms with van der Waals surface area (Å²) in [5.74, 6) is 0.989. The third-order valence-electron chi connectivity index (χ3n) is 3.84. The normalized spacial score (nSPS) is 17.6. The van der Waals surface area contributed by atoms with E-state index in [4.69, 9.17) is 9.47 Å². The Morgan fingerprint density at radius 1 is 1.12 bits per heavy atom. The Kier molecular flexibility index (Phi) is 4.27. The summed E-state index contributed by atoms with van der Waals surface area (Å²) in [5, 5.41) is -0.267. The molecular weight excluding hydrogens is 406 g/mol. The van der Waals surface area contributed by atoms with Gasteiger partial charge in [0.25, 0.3) is 11.1 Å². The lowest BCUT2D eigenvalue weighted by Gasteiger charge is -2.12. The largest absolute Gasteiger partial charge is 0.454 e. The monoisotopic (exact) mass is 417 g/mol. The van der Waals surface area contributed by atoms with Crippen LogP contribution in [0.4, 0.5) is 4.79 Å². The number of carbonyl (C=O) groups is 2. The van der Waals surface area contributed by atoms with Crippen LogP contribution in [0.3, 0.4) is 0 Å². The predicted octanol–water partition coefficient (Wildman–Crippen LogP) is 4.41. The number of amides is 2. The van der Waals surface area contributed by atoms with Gasteiger partial charge in [0.2, 0.25) is 6.79 Å². The molecule has 0 spiro atoms. The Labute approximate surface area is 156 Å². The van der Waals surface area contributed by atoms with Crippen molar-refractivity contribution in [1.82, 2.24) is 4.90 Å². The lowest BCUT2D eigenvalue weighted by Crippen LogP contribution is -2.27. The Morgan fingerprint density at radius 2 is 1.84 bits per heavy atom. The van der Waals surface area contributed by atoms with E-state index in [-0.39, 0.29) is 24.5 Å². The van der Waals surface area contributed by atoms with Crippen LogP contribution in [0.25, 0.3) is 6.08 Å². The quantitative estimate of drug-likeness (QED) is 0.692. The van der Waals surface area contributed by atoms with Gasteiger partial charge in [-0.1, -0.05) is 46.3 Å². The smallest absolute Gasteiger partial charge is 0.293 e. The number of nitrogens with zero attached hydrogens (tertiary/aromatic N) is 1. The van der Waals surface area contributed by atoms with Crippen LogP contribution in [0.15, 0.2) is 51.8 Å². The summed E-state index contributed by atoms with van der Waals surface area (Å²) < 4.78 is 11.5. The lowest BCUT2D eigenvalue weighted by molar-refractivity contribution is -0.123. The summed E-state index contributed by atoms with van der Waals surface area (Å²) in [6.45, 7) is 0.448.